The van der Waals surface area contributed by atoms with E-state index >= 15 is 0 Å². The van der Waals surface area contributed by atoms with Crippen molar-refractivity contribution in [3.63, 3.8) is 0 Å². The van der Waals surface area contributed by atoms with Gasteiger partial charge in [-0.15, -0.1) is 35.3 Å². The summed E-state index contributed by atoms with van der Waals surface area (Å²) in [4.78, 5) is 12.1. The van der Waals surface area contributed by atoms with Crippen LogP contribution in [0.4, 0.5) is 0 Å². The van der Waals surface area contributed by atoms with Crippen LogP contribution in [0, 0.1) is 13.8 Å². The van der Waals surface area contributed by atoms with E-state index in [9.17, 15) is 0 Å². The number of aliphatic imine (C=N–C) groups is 1. The normalized spacial score (nSPS) is 11.2. The monoisotopic (exact) mass is 368 g/mol. The van der Waals surface area contributed by atoms with Crippen molar-refractivity contribution in [2.45, 2.75) is 34.2 Å². The molecule has 0 atom stereocenters. The van der Waals surface area contributed by atoms with E-state index in [-0.39, 0.29) is 24.0 Å². The van der Waals surface area contributed by atoms with Gasteiger partial charge in [-0.05, 0) is 27.7 Å². The minimum absolute atomic E-state index is 0. The number of nitrogens with two attached hydrogens (primary N) is 1. The van der Waals surface area contributed by atoms with Crippen molar-refractivity contribution >= 4 is 41.3 Å². The molecule has 17 heavy (non-hydrogen) atoms. The van der Waals surface area contributed by atoms with E-state index in [4.69, 9.17) is 5.73 Å². The van der Waals surface area contributed by atoms with Crippen LogP contribution in [0.1, 0.15) is 29.4 Å². The number of thiazole rings is 1. The molecule has 2 N–H and O–H groups in total. The predicted octanol–water partition coefficient (Wildman–Crippen LogP) is 2.53. The Balaban J connectivity index is 0.00000256. The highest BCUT2D eigenvalue weighted by Gasteiger charge is 2.05. The van der Waals surface area contributed by atoms with E-state index in [1.54, 1.807) is 11.3 Å². The summed E-state index contributed by atoms with van der Waals surface area (Å²) >= 11 is 1.69. The number of aromatic nitrogens is 1. The van der Waals surface area contributed by atoms with Gasteiger partial charge in [0.05, 0.1) is 12.2 Å². The lowest BCUT2D eigenvalue weighted by atomic mass is 10.4. The highest BCUT2D eigenvalue weighted by molar-refractivity contribution is 14.0. The summed E-state index contributed by atoms with van der Waals surface area (Å²) in [6.45, 7) is 10.6. The summed E-state index contributed by atoms with van der Waals surface area (Å²) in [5, 5.41) is 1.03. The molecule has 0 bridgehead atoms. The van der Waals surface area contributed by atoms with Crippen molar-refractivity contribution in [1.82, 2.24) is 9.88 Å². The molecule has 6 heteroatoms. The lowest BCUT2D eigenvalue weighted by molar-refractivity contribution is 0.458. The Morgan fingerprint density at radius 3 is 2.35 bits per heavy atom. The van der Waals surface area contributed by atoms with Crippen LogP contribution in [0.15, 0.2) is 4.99 Å². The molecule has 0 aliphatic carbocycles. The number of hydrogen-bond donors (Lipinski definition) is 1. The topological polar surface area (TPSA) is 54.5 Å². The molecule has 0 fully saturated rings. The molecule has 0 amide bonds. The molecule has 0 saturated heterocycles. The standard InChI is InChI=1S/C11H20N4S.HI/c1-5-15(6-2)11(12)13-7-10-14-8(3)9(4)16-10;/h5-7H2,1-4H3,(H2,12,13);1H. The maximum Gasteiger partial charge on any atom is 0.191 e. The van der Waals surface area contributed by atoms with Crippen LogP contribution in [-0.2, 0) is 6.54 Å². The number of guanidine groups is 1. The Labute approximate surface area is 124 Å². The van der Waals surface area contributed by atoms with E-state index in [2.05, 4.69) is 30.7 Å². The second-order valence-electron chi connectivity index (χ2n) is 3.60. The molecule has 0 aliphatic rings. The molecule has 1 aromatic rings. The lowest BCUT2D eigenvalue weighted by Crippen LogP contribution is -2.37. The molecule has 0 saturated carbocycles. The Morgan fingerprint density at radius 1 is 1.35 bits per heavy atom. The second-order valence-corrected chi connectivity index (χ2v) is 4.88. The fourth-order valence-electron chi connectivity index (χ4n) is 1.40. The molecule has 0 spiro atoms. The fraction of sp³-hybridized carbons (Fsp3) is 0.636. The maximum atomic E-state index is 5.88. The fourth-order valence-corrected chi connectivity index (χ4v) is 2.26. The van der Waals surface area contributed by atoms with Crippen molar-refractivity contribution in [3.8, 4) is 0 Å². The highest BCUT2D eigenvalue weighted by atomic mass is 127. The van der Waals surface area contributed by atoms with Crippen molar-refractivity contribution < 1.29 is 0 Å². The maximum absolute atomic E-state index is 5.88. The molecule has 0 radical (unpaired) electrons. The zero-order valence-corrected chi connectivity index (χ0v) is 14.0. The molecule has 1 aromatic heterocycles. The smallest absolute Gasteiger partial charge is 0.191 e. The first-order chi connectivity index (χ1) is 7.58. The third-order valence-corrected chi connectivity index (χ3v) is 3.59. The molecule has 98 valence electrons. The summed E-state index contributed by atoms with van der Waals surface area (Å²) in [6.07, 6.45) is 0. The van der Waals surface area contributed by atoms with Crippen LogP contribution in [-0.4, -0.2) is 28.9 Å². The molecule has 0 aliphatic heterocycles. The van der Waals surface area contributed by atoms with Gasteiger partial charge in [0.1, 0.15) is 5.01 Å². The van der Waals surface area contributed by atoms with Gasteiger partial charge in [0, 0.05) is 18.0 Å². The molecule has 0 aromatic carbocycles. The molecular formula is C11H21IN4S. The van der Waals surface area contributed by atoms with E-state index < -0.39 is 0 Å². The van der Waals surface area contributed by atoms with Crippen LogP contribution in [0.25, 0.3) is 0 Å². The zero-order valence-electron chi connectivity index (χ0n) is 10.9. The zero-order chi connectivity index (χ0) is 12.1. The summed E-state index contributed by atoms with van der Waals surface area (Å²) in [7, 11) is 0. The minimum atomic E-state index is 0. The second kappa shape index (κ2) is 7.86. The average molecular weight is 368 g/mol. The molecule has 1 heterocycles. The Hall–Kier alpha value is -0.370. The van der Waals surface area contributed by atoms with E-state index in [1.807, 2.05) is 11.8 Å². The number of halogens is 1. The Kier molecular flexibility index (Phi) is 7.69. The van der Waals surface area contributed by atoms with Crippen LogP contribution in [0.2, 0.25) is 0 Å². The summed E-state index contributed by atoms with van der Waals surface area (Å²) in [5.41, 5.74) is 6.98. The third kappa shape index (κ3) is 4.79. The average Bonchev–Trinajstić information content (AvgIpc) is 2.57. The van der Waals surface area contributed by atoms with Gasteiger partial charge in [-0.25, -0.2) is 9.98 Å². The van der Waals surface area contributed by atoms with Crippen LogP contribution in [0.5, 0.6) is 0 Å². The minimum Gasteiger partial charge on any atom is -0.370 e. The predicted molar refractivity (Wildman–Crippen MR) is 85.3 cm³/mol. The Bertz CT molecular complexity index is 352. The molecule has 0 unspecified atom stereocenters. The van der Waals surface area contributed by atoms with Gasteiger partial charge >= 0.3 is 0 Å². The van der Waals surface area contributed by atoms with Gasteiger partial charge in [0.15, 0.2) is 5.96 Å². The Morgan fingerprint density at radius 2 is 1.94 bits per heavy atom. The summed E-state index contributed by atoms with van der Waals surface area (Å²) in [5.74, 6) is 0.607. The number of hydrogen-bond acceptors (Lipinski definition) is 3. The molecule has 4 nitrogen and oxygen atoms in total. The summed E-state index contributed by atoms with van der Waals surface area (Å²) in [6, 6.07) is 0. The summed E-state index contributed by atoms with van der Waals surface area (Å²) < 4.78 is 0. The first-order valence-electron chi connectivity index (χ1n) is 5.56. The largest absolute Gasteiger partial charge is 0.370 e. The van der Waals surface area contributed by atoms with Crippen molar-refractivity contribution in [2.24, 2.45) is 10.7 Å². The van der Waals surface area contributed by atoms with Crippen LogP contribution in [0.3, 0.4) is 0 Å². The van der Waals surface area contributed by atoms with E-state index in [1.165, 1.54) is 4.88 Å². The van der Waals surface area contributed by atoms with Crippen LogP contribution >= 0.6 is 35.3 Å². The molecule has 1 rings (SSSR count). The quantitative estimate of drug-likeness (QED) is 0.505. The van der Waals surface area contributed by atoms with Gasteiger partial charge in [-0.1, -0.05) is 0 Å². The van der Waals surface area contributed by atoms with E-state index in [0.29, 0.717) is 12.5 Å². The van der Waals surface area contributed by atoms with Gasteiger partial charge in [-0.3, -0.25) is 0 Å². The first kappa shape index (κ1) is 16.6. The highest BCUT2D eigenvalue weighted by Crippen LogP contribution is 2.16. The lowest BCUT2D eigenvalue weighted by Gasteiger charge is -2.18. The number of aryl methyl sites for hydroxylation is 2. The van der Waals surface area contributed by atoms with Gasteiger partial charge in [0.2, 0.25) is 0 Å². The molecular weight excluding hydrogens is 347 g/mol. The van der Waals surface area contributed by atoms with Gasteiger partial charge in [0.25, 0.3) is 0 Å². The van der Waals surface area contributed by atoms with Gasteiger partial charge in [-0.2, -0.15) is 0 Å². The SMILES string of the molecule is CCN(CC)C(N)=NCc1nc(C)c(C)s1.I. The van der Waals surface area contributed by atoms with E-state index in [0.717, 1.165) is 23.8 Å². The third-order valence-electron chi connectivity index (χ3n) is 2.54. The number of rotatable bonds is 4. The first-order valence-corrected chi connectivity index (χ1v) is 6.37. The van der Waals surface area contributed by atoms with Crippen molar-refractivity contribution in [2.75, 3.05) is 13.1 Å². The number of nitrogens with zero attached hydrogens (tertiary/aromatic N) is 3. The van der Waals surface area contributed by atoms with Crippen molar-refractivity contribution in [1.29, 1.82) is 0 Å². The van der Waals surface area contributed by atoms with Gasteiger partial charge < -0.3 is 10.6 Å². The van der Waals surface area contributed by atoms with Crippen molar-refractivity contribution in [3.05, 3.63) is 15.6 Å². The van der Waals surface area contributed by atoms with Crippen LogP contribution < -0.4 is 5.73 Å².